The van der Waals surface area contributed by atoms with Gasteiger partial charge in [0.05, 0.1) is 14.2 Å². The number of nitrogens with one attached hydrogen (secondary N) is 1. The van der Waals surface area contributed by atoms with E-state index in [2.05, 4.69) is 15.1 Å². The monoisotopic (exact) mass is 422 g/mol. The summed E-state index contributed by atoms with van der Waals surface area (Å²) in [7, 11) is 2.94. The minimum Gasteiger partial charge on any atom is -0.497 e. The highest BCUT2D eigenvalue weighted by Crippen LogP contribution is 2.31. The molecule has 0 bridgehead atoms. The van der Waals surface area contributed by atoms with E-state index in [-0.39, 0.29) is 5.91 Å². The van der Waals surface area contributed by atoms with Gasteiger partial charge in [-0.15, -0.1) is 0 Å². The molecule has 1 fully saturated rings. The Labute approximate surface area is 181 Å². The molecule has 1 saturated heterocycles. The van der Waals surface area contributed by atoms with Gasteiger partial charge in [0.2, 0.25) is 11.9 Å². The number of esters is 1. The maximum Gasteiger partial charge on any atom is 0.320 e. The number of carbonyl (C=O) groups is 2. The van der Waals surface area contributed by atoms with Crippen LogP contribution >= 0.6 is 0 Å². The Morgan fingerprint density at radius 2 is 1.61 bits per heavy atom. The quantitative estimate of drug-likeness (QED) is 0.598. The number of amides is 1. The Bertz CT molecular complexity index is 953. The summed E-state index contributed by atoms with van der Waals surface area (Å²) in [5.74, 6) is -0.638. The lowest BCUT2D eigenvalue weighted by atomic mass is 9.91. The predicted molar refractivity (Wildman–Crippen MR) is 117 cm³/mol. The van der Waals surface area contributed by atoms with Crippen molar-refractivity contribution in [1.82, 2.24) is 10.2 Å². The van der Waals surface area contributed by atoms with E-state index < -0.39 is 17.9 Å². The van der Waals surface area contributed by atoms with Crippen LogP contribution in [0, 0.1) is 5.92 Å². The van der Waals surface area contributed by atoms with E-state index in [0.717, 1.165) is 30.1 Å². The number of benzene rings is 2. The number of aliphatic imine (C=N–C) groups is 1. The Morgan fingerprint density at radius 3 is 2.23 bits per heavy atom. The standard InChI is InChI=1S/C23H26N4O4/c1-30-18-10-8-17(9-11-18)26-12-14-27(15-13-26)23-24-20(16-6-4-3-5-7-16)19(21(28)25-23)22(29)31-2/h3-11,19-20H,12-15H2,1-2H3,(H,24,25,28)/t19-,20-/m1/s1. The van der Waals surface area contributed by atoms with Gasteiger partial charge in [-0.05, 0) is 29.8 Å². The zero-order chi connectivity index (χ0) is 21.8. The van der Waals surface area contributed by atoms with Crippen molar-refractivity contribution in [1.29, 1.82) is 0 Å². The minimum absolute atomic E-state index is 0.386. The van der Waals surface area contributed by atoms with Crippen LogP contribution in [0.3, 0.4) is 0 Å². The van der Waals surface area contributed by atoms with Crippen molar-refractivity contribution in [3.05, 3.63) is 60.2 Å². The molecule has 1 N–H and O–H groups in total. The minimum atomic E-state index is -1.00. The van der Waals surface area contributed by atoms with E-state index >= 15 is 0 Å². The fourth-order valence-electron chi connectivity index (χ4n) is 3.98. The summed E-state index contributed by atoms with van der Waals surface area (Å²) in [6, 6.07) is 16.8. The van der Waals surface area contributed by atoms with Crippen LogP contribution in [-0.2, 0) is 14.3 Å². The molecule has 8 heteroatoms. The van der Waals surface area contributed by atoms with E-state index in [4.69, 9.17) is 14.5 Å². The van der Waals surface area contributed by atoms with Gasteiger partial charge in [0, 0.05) is 31.9 Å². The third kappa shape index (κ3) is 4.33. The summed E-state index contributed by atoms with van der Waals surface area (Å²) in [5, 5.41) is 2.82. The summed E-state index contributed by atoms with van der Waals surface area (Å²) in [6.45, 7) is 2.99. The summed E-state index contributed by atoms with van der Waals surface area (Å²) < 4.78 is 10.1. The smallest absolute Gasteiger partial charge is 0.320 e. The van der Waals surface area contributed by atoms with Gasteiger partial charge in [-0.2, -0.15) is 0 Å². The van der Waals surface area contributed by atoms with Crippen molar-refractivity contribution < 1.29 is 19.1 Å². The van der Waals surface area contributed by atoms with Gasteiger partial charge in [-0.25, -0.2) is 4.99 Å². The molecular weight excluding hydrogens is 396 g/mol. The van der Waals surface area contributed by atoms with Crippen LogP contribution in [0.1, 0.15) is 11.6 Å². The van der Waals surface area contributed by atoms with Gasteiger partial charge >= 0.3 is 5.97 Å². The lowest BCUT2D eigenvalue weighted by Crippen LogP contribution is -2.57. The molecule has 2 aliphatic rings. The lowest BCUT2D eigenvalue weighted by molar-refractivity contribution is -0.151. The first kappa shape index (κ1) is 20.7. The maximum atomic E-state index is 12.8. The first-order valence-corrected chi connectivity index (χ1v) is 10.3. The Balaban J connectivity index is 1.51. The molecule has 0 spiro atoms. The van der Waals surface area contributed by atoms with Crippen molar-refractivity contribution in [2.45, 2.75) is 6.04 Å². The van der Waals surface area contributed by atoms with Crippen LogP contribution in [0.5, 0.6) is 5.75 Å². The molecule has 2 aliphatic heterocycles. The fourth-order valence-corrected chi connectivity index (χ4v) is 3.98. The van der Waals surface area contributed by atoms with Gasteiger partial charge in [0.1, 0.15) is 11.8 Å². The zero-order valence-electron chi connectivity index (χ0n) is 17.7. The first-order valence-electron chi connectivity index (χ1n) is 10.3. The number of hydrogen-bond acceptors (Lipinski definition) is 7. The normalized spacial score (nSPS) is 21.2. The molecular formula is C23H26N4O4. The molecule has 2 heterocycles. The van der Waals surface area contributed by atoms with Crippen LogP contribution in [0.2, 0.25) is 0 Å². The van der Waals surface area contributed by atoms with E-state index in [1.807, 2.05) is 54.6 Å². The molecule has 4 rings (SSSR count). The topological polar surface area (TPSA) is 83.5 Å². The van der Waals surface area contributed by atoms with Gasteiger partial charge in [-0.3, -0.25) is 14.9 Å². The molecule has 0 aliphatic carbocycles. The second-order valence-corrected chi connectivity index (χ2v) is 7.47. The largest absolute Gasteiger partial charge is 0.497 e. The molecule has 0 radical (unpaired) electrons. The SMILES string of the molecule is COC(=O)[C@H]1C(=O)NC(N2CCN(c3ccc(OC)cc3)CC2)=N[C@@H]1c1ccccc1. The highest BCUT2D eigenvalue weighted by molar-refractivity contribution is 6.08. The molecule has 2 atom stereocenters. The van der Waals surface area contributed by atoms with Crippen molar-refractivity contribution in [2.24, 2.45) is 10.9 Å². The third-order valence-corrected chi connectivity index (χ3v) is 5.71. The second-order valence-electron chi connectivity index (χ2n) is 7.47. The van der Waals surface area contributed by atoms with Crippen molar-refractivity contribution >= 4 is 23.5 Å². The maximum absolute atomic E-state index is 12.8. The Kier molecular flexibility index (Phi) is 6.06. The second kappa shape index (κ2) is 9.07. The third-order valence-electron chi connectivity index (χ3n) is 5.71. The molecule has 2 aromatic rings. The number of nitrogens with zero attached hydrogens (tertiary/aromatic N) is 3. The number of ether oxygens (including phenoxy) is 2. The van der Waals surface area contributed by atoms with Gasteiger partial charge in [0.25, 0.3) is 0 Å². The molecule has 0 saturated carbocycles. The molecule has 0 aromatic heterocycles. The average Bonchev–Trinajstić information content (AvgIpc) is 2.84. The lowest BCUT2D eigenvalue weighted by Gasteiger charge is -2.39. The fraction of sp³-hybridized carbons (Fsp3) is 0.348. The van der Waals surface area contributed by atoms with Crippen LogP contribution in [0.25, 0.3) is 0 Å². The van der Waals surface area contributed by atoms with Crippen LogP contribution in [0.15, 0.2) is 59.6 Å². The summed E-state index contributed by atoms with van der Waals surface area (Å²) in [5.41, 5.74) is 1.94. The molecule has 8 nitrogen and oxygen atoms in total. The van der Waals surface area contributed by atoms with Crippen molar-refractivity contribution in [3.8, 4) is 5.75 Å². The van der Waals surface area contributed by atoms with Crippen molar-refractivity contribution in [2.75, 3.05) is 45.3 Å². The zero-order valence-corrected chi connectivity index (χ0v) is 17.7. The molecule has 2 aromatic carbocycles. The van der Waals surface area contributed by atoms with E-state index in [0.29, 0.717) is 19.0 Å². The first-order chi connectivity index (χ1) is 15.1. The van der Waals surface area contributed by atoms with Gasteiger partial charge < -0.3 is 19.3 Å². The molecule has 31 heavy (non-hydrogen) atoms. The van der Waals surface area contributed by atoms with Crippen LogP contribution in [0.4, 0.5) is 5.69 Å². The van der Waals surface area contributed by atoms with Crippen LogP contribution in [-0.4, -0.2) is 63.1 Å². The Hall–Kier alpha value is -3.55. The number of carbonyl (C=O) groups excluding carboxylic acids is 2. The molecule has 162 valence electrons. The number of guanidine groups is 1. The Morgan fingerprint density at radius 1 is 0.968 bits per heavy atom. The number of rotatable bonds is 4. The summed E-state index contributed by atoms with van der Waals surface area (Å²) in [6.07, 6.45) is 0. The molecule has 0 unspecified atom stereocenters. The van der Waals surface area contributed by atoms with Crippen LogP contribution < -0.4 is 15.0 Å². The van der Waals surface area contributed by atoms with Gasteiger partial charge in [-0.1, -0.05) is 30.3 Å². The molecule has 1 amide bonds. The average molecular weight is 422 g/mol. The van der Waals surface area contributed by atoms with E-state index in [1.165, 1.54) is 7.11 Å². The number of methoxy groups -OCH3 is 2. The van der Waals surface area contributed by atoms with E-state index in [9.17, 15) is 9.59 Å². The van der Waals surface area contributed by atoms with E-state index in [1.54, 1.807) is 7.11 Å². The summed E-state index contributed by atoms with van der Waals surface area (Å²) >= 11 is 0. The highest BCUT2D eigenvalue weighted by Gasteiger charge is 2.41. The number of anilines is 1. The van der Waals surface area contributed by atoms with Crippen molar-refractivity contribution in [3.63, 3.8) is 0 Å². The predicted octanol–water partition coefficient (Wildman–Crippen LogP) is 1.83. The van der Waals surface area contributed by atoms with Gasteiger partial charge in [0.15, 0.2) is 5.92 Å². The highest BCUT2D eigenvalue weighted by atomic mass is 16.5. The summed E-state index contributed by atoms with van der Waals surface area (Å²) in [4.78, 5) is 34.3. The number of piperazine rings is 1. The number of hydrogen-bond donors (Lipinski definition) is 1.